The lowest BCUT2D eigenvalue weighted by atomic mass is 9.93. The van der Waals surface area contributed by atoms with Crippen LogP contribution < -0.4 is 0 Å². The number of rotatable bonds is 8. The molecule has 0 aliphatic heterocycles. The van der Waals surface area contributed by atoms with E-state index in [-0.39, 0.29) is 0 Å². The van der Waals surface area contributed by atoms with Gasteiger partial charge in [-0.2, -0.15) is 5.10 Å². The average Bonchev–Trinajstić information content (AvgIpc) is 2.76. The van der Waals surface area contributed by atoms with Crippen molar-refractivity contribution in [2.75, 3.05) is 6.61 Å². The predicted molar refractivity (Wildman–Crippen MR) is 74.9 cm³/mol. The van der Waals surface area contributed by atoms with Crippen LogP contribution in [-0.2, 0) is 17.7 Å². The van der Waals surface area contributed by atoms with Crippen LogP contribution in [0.15, 0.2) is 6.33 Å². The second-order valence-corrected chi connectivity index (χ2v) is 5.57. The highest BCUT2D eigenvalue weighted by molar-refractivity contribution is 4.94. The van der Waals surface area contributed by atoms with Crippen molar-refractivity contribution >= 4 is 0 Å². The third kappa shape index (κ3) is 4.28. The van der Waals surface area contributed by atoms with Gasteiger partial charge in [0.15, 0.2) is 0 Å². The zero-order valence-electron chi connectivity index (χ0n) is 12.8. The first-order valence-corrected chi connectivity index (χ1v) is 7.11. The molecule has 0 fully saturated rings. The molecule has 19 heavy (non-hydrogen) atoms. The molecule has 1 aromatic heterocycles. The minimum absolute atomic E-state index is 0.469. The zero-order chi connectivity index (χ0) is 14.5. The van der Waals surface area contributed by atoms with E-state index in [1.165, 1.54) is 0 Å². The van der Waals surface area contributed by atoms with Crippen LogP contribution in [-0.4, -0.2) is 38.2 Å². The lowest BCUT2D eigenvalue weighted by Gasteiger charge is -2.33. The van der Waals surface area contributed by atoms with Crippen molar-refractivity contribution in [2.24, 2.45) is 5.92 Å². The predicted octanol–water partition coefficient (Wildman–Crippen LogP) is 2.04. The topological polar surface area (TPSA) is 60.2 Å². The largest absolute Gasteiger partial charge is 0.390 e. The molecular weight excluding hydrogens is 242 g/mol. The first-order chi connectivity index (χ1) is 8.92. The summed E-state index contributed by atoms with van der Waals surface area (Å²) in [5.41, 5.74) is -0.524. The van der Waals surface area contributed by atoms with Crippen LogP contribution in [0.2, 0.25) is 0 Å². The Bertz CT molecular complexity index is 379. The Kier molecular flexibility index (Phi) is 5.94. The van der Waals surface area contributed by atoms with Gasteiger partial charge in [0.2, 0.25) is 0 Å². The third-order valence-electron chi connectivity index (χ3n) is 3.49. The molecule has 0 bridgehead atoms. The van der Waals surface area contributed by atoms with E-state index in [2.05, 4.69) is 23.9 Å². The second-order valence-electron chi connectivity index (χ2n) is 5.57. The van der Waals surface area contributed by atoms with E-state index in [1.54, 1.807) is 6.33 Å². The summed E-state index contributed by atoms with van der Waals surface area (Å²) in [5.74, 6) is 1.32. The molecule has 0 saturated carbocycles. The van der Waals surface area contributed by atoms with Gasteiger partial charge < -0.3 is 9.84 Å². The SMILES string of the molecule is CCOC(C)(CC)C(O)Cc1ncnn1CC(C)C. The Morgan fingerprint density at radius 1 is 1.42 bits per heavy atom. The van der Waals surface area contributed by atoms with Crippen LogP contribution in [0.4, 0.5) is 0 Å². The van der Waals surface area contributed by atoms with Gasteiger partial charge in [0.05, 0.1) is 11.7 Å². The zero-order valence-corrected chi connectivity index (χ0v) is 12.8. The van der Waals surface area contributed by atoms with Crippen LogP contribution in [0, 0.1) is 5.92 Å². The van der Waals surface area contributed by atoms with Gasteiger partial charge in [0.25, 0.3) is 0 Å². The molecule has 1 rings (SSSR count). The highest BCUT2D eigenvalue weighted by Gasteiger charge is 2.33. The maximum Gasteiger partial charge on any atom is 0.138 e. The summed E-state index contributed by atoms with van der Waals surface area (Å²) in [5, 5.41) is 14.6. The lowest BCUT2D eigenvalue weighted by Crippen LogP contribution is -2.43. The molecule has 1 aromatic rings. The standard InChI is InChI=1S/C14H27N3O2/c1-6-14(5,19-7-2)12(18)8-13-15-10-16-17(13)9-11(3)4/h10-12,18H,6-9H2,1-5H3. The van der Waals surface area contributed by atoms with E-state index < -0.39 is 11.7 Å². The summed E-state index contributed by atoms with van der Waals surface area (Å²) >= 11 is 0. The Labute approximate surface area is 116 Å². The highest BCUT2D eigenvalue weighted by atomic mass is 16.5. The van der Waals surface area contributed by atoms with Crippen LogP contribution in [0.3, 0.4) is 0 Å². The van der Waals surface area contributed by atoms with Gasteiger partial charge >= 0.3 is 0 Å². The second kappa shape index (κ2) is 7.01. The number of hydrogen-bond acceptors (Lipinski definition) is 4. The van der Waals surface area contributed by atoms with E-state index in [4.69, 9.17) is 4.74 Å². The number of aromatic nitrogens is 3. The molecule has 5 nitrogen and oxygen atoms in total. The van der Waals surface area contributed by atoms with Crippen LogP contribution in [0.5, 0.6) is 0 Å². The Morgan fingerprint density at radius 2 is 2.11 bits per heavy atom. The van der Waals surface area contributed by atoms with Crippen molar-refractivity contribution in [1.82, 2.24) is 14.8 Å². The smallest absolute Gasteiger partial charge is 0.138 e. The number of ether oxygens (including phenoxy) is 1. The minimum Gasteiger partial charge on any atom is -0.390 e. The van der Waals surface area contributed by atoms with E-state index >= 15 is 0 Å². The molecule has 0 aliphatic carbocycles. The van der Waals surface area contributed by atoms with Crippen molar-refractivity contribution in [3.8, 4) is 0 Å². The maximum atomic E-state index is 10.4. The van der Waals surface area contributed by atoms with Gasteiger partial charge in [-0.1, -0.05) is 20.8 Å². The maximum absolute atomic E-state index is 10.4. The normalized spacial score (nSPS) is 16.6. The number of aliphatic hydroxyl groups excluding tert-OH is 1. The number of hydrogen-bond donors (Lipinski definition) is 1. The molecule has 0 radical (unpaired) electrons. The summed E-state index contributed by atoms with van der Waals surface area (Å²) in [4.78, 5) is 4.25. The monoisotopic (exact) mass is 269 g/mol. The molecule has 0 aliphatic rings. The summed E-state index contributed by atoms with van der Waals surface area (Å²) in [7, 11) is 0. The van der Waals surface area contributed by atoms with Crippen molar-refractivity contribution in [2.45, 2.75) is 65.7 Å². The first-order valence-electron chi connectivity index (χ1n) is 7.11. The summed E-state index contributed by atoms with van der Waals surface area (Å²) < 4.78 is 7.57. The molecular formula is C14H27N3O2. The molecule has 110 valence electrons. The Hall–Kier alpha value is -0.940. The molecule has 0 saturated heterocycles. The van der Waals surface area contributed by atoms with Crippen LogP contribution in [0.1, 0.15) is 46.9 Å². The van der Waals surface area contributed by atoms with Crippen molar-refractivity contribution in [1.29, 1.82) is 0 Å². The van der Waals surface area contributed by atoms with Crippen molar-refractivity contribution in [3.05, 3.63) is 12.2 Å². The molecule has 1 N–H and O–H groups in total. The van der Waals surface area contributed by atoms with Crippen LogP contribution in [0.25, 0.3) is 0 Å². The van der Waals surface area contributed by atoms with Gasteiger partial charge in [-0.25, -0.2) is 9.67 Å². The van der Waals surface area contributed by atoms with Gasteiger partial charge in [-0.15, -0.1) is 0 Å². The van der Waals surface area contributed by atoms with Gasteiger partial charge in [0, 0.05) is 19.6 Å². The number of aliphatic hydroxyl groups is 1. The highest BCUT2D eigenvalue weighted by Crippen LogP contribution is 2.22. The minimum atomic E-state index is -0.576. The first kappa shape index (κ1) is 16.1. The number of nitrogens with zero attached hydrogens (tertiary/aromatic N) is 3. The molecule has 0 aromatic carbocycles. The van der Waals surface area contributed by atoms with E-state index in [1.807, 2.05) is 25.5 Å². The molecule has 2 atom stereocenters. The van der Waals surface area contributed by atoms with Crippen LogP contribution >= 0.6 is 0 Å². The average molecular weight is 269 g/mol. The summed E-state index contributed by atoms with van der Waals surface area (Å²) in [6.45, 7) is 11.6. The van der Waals surface area contributed by atoms with Gasteiger partial charge in [-0.05, 0) is 26.2 Å². The van der Waals surface area contributed by atoms with E-state index in [0.717, 1.165) is 18.8 Å². The molecule has 1 heterocycles. The molecule has 5 heteroatoms. The van der Waals surface area contributed by atoms with E-state index in [9.17, 15) is 5.11 Å². The molecule has 0 spiro atoms. The fraction of sp³-hybridized carbons (Fsp3) is 0.857. The molecule has 0 amide bonds. The molecule has 2 unspecified atom stereocenters. The summed E-state index contributed by atoms with van der Waals surface area (Å²) in [6, 6.07) is 0. The van der Waals surface area contributed by atoms with E-state index in [0.29, 0.717) is 18.9 Å². The third-order valence-corrected chi connectivity index (χ3v) is 3.49. The lowest BCUT2D eigenvalue weighted by molar-refractivity contribution is -0.111. The Morgan fingerprint density at radius 3 is 2.63 bits per heavy atom. The fourth-order valence-corrected chi connectivity index (χ4v) is 2.10. The summed E-state index contributed by atoms with van der Waals surface area (Å²) in [6.07, 6.45) is 2.21. The quantitative estimate of drug-likeness (QED) is 0.784. The van der Waals surface area contributed by atoms with Gasteiger partial charge in [-0.3, -0.25) is 0 Å². The Balaban J connectivity index is 2.75. The van der Waals surface area contributed by atoms with Crippen molar-refractivity contribution < 1.29 is 9.84 Å². The fourth-order valence-electron chi connectivity index (χ4n) is 2.10. The van der Waals surface area contributed by atoms with Gasteiger partial charge in [0.1, 0.15) is 12.2 Å². The van der Waals surface area contributed by atoms with Crippen molar-refractivity contribution in [3.63, 3.8) is 0 Å².